The molecule has 1 aliphatic rings. The van der Waals surface area contributed by atoms with Gasteiger partial charge in [-0.05, 0) is 37.9 Å². The highest BCUT2D eigenvalue weighted by molar-refractivity contribution is 5.01. The van der Waals surface area contributed by atoms with Crippen LogP contribution in [-0.2, 0) is 11.2 Å². The lowest BCUT2D eigenvalue weighted by Gasteiger charge is -2.29. The number of hydrogen-bond donors (Lipinski definition) is 1. The first-order valence-electron chi connectivity index (χ1n) is 5.67. The summed E-state index contributed by atoms with van der Waals surface area (Å²) in [5.74, 6) is 1.67. The summed E-state index contributed by atoms with van der Waals surface area (Å²) >= 11 is 0. The van der Waals surface area contributed by atoms with Crippen LogP contribution in [0.25, 0.3) is 0 Å². The topological polar surface area (TPSA) is 34.4 Å². The van der Waals surface area contributed by atoms with Crippen LogP contribution < -0.4 is 5.32 Å². The minimum Gasteiger partial charge on any atom is -0.469 e. The molecule has 1 aromatic heterocycles. The molecule has 2 rings (SSSR count). The normalized spacial score (nSPS) is 23.9. The number of ether oxygens (including phenoxy) is 1. The SMILES string of the molecule is CNC(Cc1ccco1)C1CCCOC1. The first-order valence-corrected chi connectivity index (χ1v) is 5.67. The van der Waals surface area contributed by atoms with Crippen LogP contribution in [0.15, 0.2) is 22.8 Å². The molecule has 0 amide bonds. The molecule has 0 aliphatic carbocycles. The van der Waals surface area contributed by atoms with Crippen molar-refractivity contribution in [3.63, 3.8) is 0 Å². The van der Waals surface area contributed by atoms with Gasteiger partial charge in [0.15, 0.2) is 0 Å². The van der Waals surface area contributed by atoms with Gasteiger partial charge in [0.05, 0.1) is 12.9 Å². The molecule has 0 saturated carbocycles. The standard InChI is InChI=1S/C12H19NO2/c1-13-12(8-11-5-3-7-15-11)10-4-2-6-14-9-10/h3,5,7,10,12-13H,2,4,6,8-9H2,1H3. The van der Waals surface area contributed by atoms with Gasteiger partial charge in [-0.3, -0.25) is 0 Å². The van der Waals surface area contributed by atoms with Crippen molar-refractivity contribution in [3.05, 3.63) is 24.2 Å². The fourth-order valence-corrected chi connectivity index (χ4v) is 2.23. The van der Waals surface area contributed by atoms with Crippen LogP contribution in [-0.4, -0.2) is 26.3 Å². The van der Waals surface area contributed by atoms with Crippen molar-refractivity contribution in [1.82, 2.24) is 5.32 Å². The van der Waals surface area contributed by atoms with Crippen LogP contribution in [0.1, 0.15) is 18.6 Å². The van der Waals surface area contributed by atoms with Crippen LogP contribution >= 0.6 is 0 Å². The predicted octanol–water partition coefficient (Wildman–Crippen LogP) is 1.84. The van der Waals surface area contributed by atoms with E-state index >= 15 is 0 Å². The zero-order chi connectivity index (χ0) is 10.5. The van der Waals surface area contributed by atoms with Crippen molar-refractivity contribution in [2.24, 2.45) is 5.92 Å². The first-order chi connectivity index (χ1) is 7.40. The quantitative estimate of drug-likeness (QED) is 0.821. The van der Waals surface area contributed by atoms with E-state index in [2.05, 4.69) is 5.32 Å². The van der Waals surface area contributed by atoms with Crippen LogP contribution in [0.3, 0.4) is 0 Å². The fraction of sp³-hybridized carbons (Fsp3) is 0.667. The van der Waals surface area contributed by atoms with Gasteiger partial charge in [-0.2, -0.15) is 0 Å². The number of likely N-dealkylation sites (N-methyl/N-ethyl adjacent to an activating group) is 1. The minimum absolute atomic E-state index is 0.469. The molecular weight excluding hydrogens is 190 g/mol. The molecule has 1 aromatic rings. The molecule has 1 aliphatic heterocycles. The van der Waals surface area contributed by atoms with E-state index in [0.29, 0.717) is 12.0 Å². The highest BCUT2D eigenvalue weighted by atomic mass is 16.5. The van der Waals surface area contributed by atoms with Gasteiger partial charge in [-0.1, -0.05) is 0 Å². The molecule has 1 saturated heterocycles. The van der Waals surface area contributed by atoms with E-state index in [9.17, 15) is 0 Å². The molecular formula is C12H19NO2. The highest BCUT2D eigenvalue weighted by Gasteiger charge is 2.23. The van der Waals surface area contributed by atoms with Crippen molar-refractivity contribution in [3.8, 4) is 0 Å². The predicted molar refractivity (Wildman–Crippen MR) is 58.8 cm³/mol. The summed E-state index contributed by atoms with van der Waals surface area (Å²) in [6.07, 6.45) is 5.13. The van der Waals surface area contributed by atoms with E-state index in [1.807, 2.05) is 19.2 Å². The van der Waals surface area contributed by atoms with Gasteiger partial charge in [0.25, 0.3) is 0 Å². The smallest absolute Gasteiger partial charge is 0.105 e. The second-order valence-electron chi connectivity index (χ2n) is 4.16. The zero-order valence-electron chi connectivity index (χ0n) is 9.24. The molecule has 0 bridgehead atoms. The monoisotopic (exact) mass is 209 g/mol. The molecule has 0 spiro atoms. The van der Waals surface area contributed by atoms with Crippen LogP contribution in [0.5, 0.6) is 0 Å². The second kappa shape index (κ2) is 5.33. The summed E-state index contributed by atoms with van der Waals surface area (Å²) < 4.78 is 10.9. The molecule has 0 aromatic carbocycles. The molecule has 84 valence electrons. The molecule has 1 N–H and O–H groups in total. The number of furan rings is 1. The number of hydrogen-bond acceptors (Lipinski definition) is 3. The van der Waals surface area contributed by atoms with Crippen LogP contribution in [0, 0.1) is 5.92 Å². The Bertz CT molecular complexity index is 265. The maximum atomic E-state index is 5.51. The lowest BCUT2D eigenvalue weighted by atomic mass is 9.91. The summed E-state index contributed by atoms with van der Waals surface area (Å²) in [6.45, 7) is 1.81. The van der Waals surface area contributed by atoms with Crippen molar-refractivity contribution in [1.29, 1.82) is 0 Å². The first kappa shape index (κ1) is 10.7. The third-order valence-corrected chi connectivity index (χ3v) is 3.14. The van der Waals surface area contributed by atoms with Gasteiger partial charge in [0.2, 0.25) is 0 Å². The van der Waals surface area contributed by atoms with Gasteiger partial charge < -0.3 is 14.5 Å². The highest BCUT2D eigenvalue weighted by Crippen LogP contribution is 2.20. The lowest BCUT2D eigenvalue weighted by molar-refractivity contribution is 0.0398. The lowest BCUT2D eigenvalue weighted by Crippen LogP contribution is -2.39. The molecule has 15 heavy (non-hydrogen) atoms. The van der Waals surface area contributed by atoms with Crippen LogP contribution in [0.4, 0.5) is 0 Å². The third kappa shape index (κ3) is 2.83. The Morgan fingerprint density at radius 1 is 1.60 bits per heavy atom. The van der Waals surface area contributed by atoms with Crippen molar-refractivity contribution in [2.45, 2.75) is 25.3 Å². The number of rotatable bonds is 4. The molecule has 2 atom stereocenters. The average molecular weight is 209 g/mol. The minimum atomic E-state index is 0.469. The molecule has 2 heterocycles. The van der Waals surface area contributed by atoms with E-state index in [0.717, 1.165) is 25.4 Å². The van der Waals surface area contributed by atoms with Crippen molar-refractivity contribution in [2.75, 3.05) is 20.3 Å². The summed E-state index contributed by atoms with van der Waals surface area (Å²) in [4.78, 5) is 0. The van der Waals surface area contributed by atoms with E-state index in [-0.39, 0.29) is 0 Å². The molecule has 3 heteroatoms. The van der Waals surface area contributed by atoms with E-state index < -0.39 is 0 Å². The van der Waals surface area contributed by atoms with Gasteiger partial charge >= 0.3 is 0 Å². The fourth-order valence-electron chi connectivity index (χ4n) is 2.23. The third-order valence-electron chi connectivity index (χ3n) is 3.14. The van der Waals surface area contributed by atoms with E-state index in [4.69, 9.17) is 9.15 Å². The maximum Gasteiger partial charge on any atom is 0.105 e. The summed E-state index contributed by atoms with van der Waals surface area (Å²) in [7, 11) is 2.02. The van der Waals surface area contributed by atoms with Gasteiger partial charge in [0.1, 0.15) is 5.76 Å². The largest absolute Gasteiger partial charge is 0.469 e. The van der Waals surface area contributed by atoms with Gasteiger partial charge in [-0.25, -0.2) is 0 Å². The molecule has 2 unspecified atom stereocenters. The zero-order valence-corrected chi connectivity index (χ0v) is 9.24. The van der Waals surface area contributed by atoms with E-state index in [1.165, 1.54) is 12.8 Å². The number of nitrogens with one attached hydrogen (secondary N) is 1. The maximum absolute atomic E-state index is 5.51. The Kier molecular flexibility index (Phi) is 3.80. The molecule has 0 radical (unpaired) electrons. The summed E-state index contributed by atoms with van der Waals surface area (Å²) in [6, 6.07) is 4.45. The van der Waals surface area contributed by atoms with Gasteiger partial charge in [-0.15, -0.1) is 0 Å². The van der Waals surface area contributed by atoms with E-state index in [1.54, 1.807) is 6.26 Å². The summed E-state index contributed by atoms with van der Waals surface area (Å²) in [5.41, 5.74) is 0. The Labute approximate surface area is 90.8 Å². The Balaban J connectivity index is 1.91. The van der Waals surface area contributed by atoms with Crippen molar-refractivity contribution < 1.29 is 9.15 Å². The molecule has 1 fully saturated rings. The van der Waals surface area contributed by atoms with Gasteiger partial charge in [0, 0.05) is 19.1 Å². The van der Waals surface area contributed by atoms with Crippen molar-refractivity contribution >= 4 is 0 Å². The van der Waals surface area contributed by atoms with Crippen LogP contribution in [0.2, 0.25) is 0 Å². The average Bonchev–Trinajstić information content (AvgIpc) is 2.80. The Hall–Kier alpha value is -0.800. The second-order valence-corrected chi connectivity index (χ2v) is 4.16. The molecule has 3 nitrogen and oxygen atoms in total. The Morgan fingerprint density at radius 3 is 3.13 bits per heavy atom. The Morgan fingerprint density at radius 2 is 2.53 bits per heavy atom. The summed E-state index contributed by atoms with van der Waals surface area (Å²) in [5, 5.41) is 3.37.